The lowest BCUT2D eigenvalue weighted by molar-refractivity contribution is 0.123. The Morgan fingerprint density at radius 3 is 2.68 bits per heavy atom. The largest absolute Gasteiger partial charge is 0.378 e. The van der Waals surface area contributed by atoms with E-state index < -0.39 is 0 Å². The van der Waals surface area contributed by atoms with Gasteiger partial charge < -0.3 is 14.2 Å². The molecule has 0 aliphatic carbocycles. The van der Waals surface area contributed by atoms with Gasteiger partial charge in [0.25, 0.3) is 5.56 Å². The Morgan fingerprint density at radius 1 is 1.21 bits per heavy atom. The lowest BCUT2D eigenvalue weighted by Crippen LogP contribution is -2.37. The van der Waals surface area contributed by atoms with Gasteiger partial charge in [-0.05, 0) is 13.0 Å². The van der Waals surface area contributed by atoms with Crippen LogP contribution in [0.1, 0.15) is 6.92 Å². The standard InChI is InChI=1S/C15H18N2O2/c1-2-17-13-6-4-3-5-12(13)14(11-15(17)18)16-7-9-19-10-8-16/h3-6,11H,2,7-10H2,1H3. The summed E-state index contributed by atoms with van der Waals surface area (Å²) in [7, 11) is 0. The van der Waals surface area contributed by atoms with Gasteiger partial charge >= 0.3 is 0 Å². The molecule has 100 valence electrons. The van der Waals surface area contributed by atoms with Crippen molar-refractivity contribution in [1.82, 2.24) is 4.57 Å². The highest BCUT2D eigenvalue weighted by atomic mass is 16.5. The van der Waals surface area contributed by atoms with E-state index in [9.17, 15) is 4.79 Å². The maximum absolute atomic E-state index is 12.2. The highest BCUT2D eigenvalue weighted by molar-refractivity contribution is 5.92. The van der Waals surface area contributed by atoms with Crippen molar-refractivity contribution in [2.75, 3.05) is 31.2 Å². The number of rotatable bonds is 2. The molecule has 1 aromatic heterocycles. The van der Waals surface area contributed by atoms with E-state index in [2.05, 4.69) is 11.0 Å². The average Bonchev–Trinajstić information content (AvgIpc) is 2.47. The predicted octanol–water partition coefficient (Wildman–Crippen LogP) is 1.86. The van der Waals surface area contributed by atoms with Crippen molar-refractivity contribution in [1.29, 1.82) is 0 Å². The summed E-state index contributed by atoms with van der Waals surface area (Å²) >= 11 is 0. The van der Waals surface area contributed by atoms with Crippen molar-refractivity contribution >= 4 is 16.6 Å². The van der Waals surface area contributed by atoms with Crippen molar-refractivity contribution in [3.05, 3.63) is 40.7 Å². The zero-order valence-electron chi connectivity index (χ0n) is 11.1. The lowest BCUT2D eigenvalue weighted by Gasteiger charge is -2.30. The van der Waals surface area contributed by atoms with Crippen molar-refractivity contribution in [3.63, 3.8) is 0 Å². The number of pyridine rings is 1. The van der Waals surface area contributed by atoms with E-state index in [-0.39, 0.29) is 5.56 Å². The third kappa shape index (κ3) is 2.12. The second-order valence-electron chi connectivity index (χ2n) is 4.73. The molecule has 0 spiro atoms. The van der Waals surface area contributed by atoms with Crippen LogP contribution in [-0.4, -0.2) is 30.9 Å². The minimum atomic E-state index is 0.0719. The number of aromatic nitrogens is 1. The van der Waals surface area contributed by atoms with Crippen LogP contribution < -0.4 is 10.5 Å². The van der Waals surface area contributed by atoms with E-state index in [0.29, 0.717) is 6.54 Å². The van der Waals surface area contributed by atoms with Gasteiger partial charge in [0.1, 0.15) is 0 Å². The van der Waals surface area contributed by atoms with E-state index in [4.69, 9.17) is 4.74 Å². The van der Waals surface area contributed by atoms with Crippen LogP contribution in [-0.2, 0) is 11.3 Å². The van der Waals surface area contributed by atoms with Crippen LogP contribution in [0.4, 0.5) is 5.69 Å². The molecule has 0 unspecified atom stereocenters. The number of benzene rings is 1. The molecule has 0 bridgehead atoms. The Bertz CT molecular complexity index is 642. The molecule has 1 saturated heterocycles. The molecule has 4 nitrogen and oxygen atoms in total. The zero-order valence-corrected chi connectivity index (χ0v) is 11.1. The van der Waals surface area contributed by atoms with Gasteiger partial charge in [-0.3, -0.25) is 4.79 Å². The zero-order chi connectivity index (χ0) is 13.2. The molecule has 0 atom stereocenters. The second-order valence-corrected chi connectivity index (χ2v) is 4.73. The number of fused-ring (bicyclic) bond motifs is 1. The number of morpholine rings is 1. The van der Waals surface area contributed by atoms with E-state index >= 15 is 0 Å². The van der Waals surface area contributed by atoms with Gasteiger partial charge in [0.2, 0.25) is 0 Å². The van der Waals surface area contributed by atoms with Crippen molar-refractivity contribution < 1.29 is 4.74 Å². The topological polar surface area (TPSA) is 34.5 Å². The molecule has 19 heavy (non-hydrogen) atoms. The van der Waals surface area contributed by atoms with Crippen LogP contribution in [0.25, 0.3) is 10.9 Å². The average molecular weight is 258 g/mol. The first-order valence-electron chi connectivity index (χ1n) is 6.76. The first-order chi connectivity index (χ1) is 9.31. The highest BCUT2D eigenvalue weighted by Gasteiger charge is 2.16. The lowest BCUT2D eigenvalue weighted by atomic mass is 10.1. The first kappa shape index (κ1) is 12.2. The van der Waals surface area contributed by atoms with Crippen LogP contribution in [0.15, 0.2) is 35.1 Å². The summed E-state index contributed by atoms with van der Waals surface area (Å²) in [4.78, 5) is 14.5. The Hall–Kier alpha value is -1.81. The normalized spacial score (nSPS) is 15.9. The first-order valence-corrected chi connectivity index (χ1v) is 6.76. The van der Waals surface area contributed by atoms with Gasteiger partial charge in [-0.25, -0.2) is 0 Å². The molecule has 0 amide bonds. The van der Waals surface area contributed by atoms with Gasteiger partial charge in [0, 0.05) is 31.1 Å². The number of anilines is 1. The van der Waals surface area contributed by atoms with Gasteiger partial charge in [0.15, 0.2) is 0 Å². The van der Waals surface area contributed by atoms with E-state index in [0.717, 1.165) is 42.9 Å². The fourth-order valence-electron chi connectivity index (χ4n) is 2.71. The monoisotopic (exact) mass is 258 g/mol. The highest BCUT2D eigenvalue weighted by Crippen LogP contribution is 2.25. The molecule has 0 saturated carbocycles. The van der Waals surface area contributed by atoms with Gasteiger partial charge in [-0.1, -0.05) is 18.2 Å². The second kappa shape index (κ2) is 5.05. The minimum Gasteiger partial charge on any atom is -0.378 e. The van der Waals surface area contributed by atoms with Gasteiger partial charge in [0.05, 0.1) is 24.4 Å². The summed E-state index contributed by atoms with van der Waals surface area (Å²) in [5.41, 5.74) is 2.12. The summed E-state index contributed by atoms with van der Waals surface area (Å²) in [5.74, 6) is 0. The van der Waals surface area contributed by atoms with Crippen LogP contribution in [0, 0.1) is 0 Å². The molecule has 3 rings (SSSR count). The van der Waals surface area contributed by atoms with Crippen molar-refractivity contribution in [2.45, 2.75) is 13.5 Å². The maximum atomic E-state index is 12.2. The van der Waals surface area contributed by atoms with E-state index in [1.807, 2.05) is 29.7 Å². The molecule has 2 heterocycles. The summed E-state index contributed by atoms with van der Waals surface area (Å²) in [5, 5.41) is 1.14. The van der Waals surface area contributed by atoms with Crippen LogP contribution >= 0.6 is 0 Å². The van der Waals surface area contributed by atoms with E-state index in [1.165, 1.54) is 0 Å². The molecular weight excluding hydrogens is 240 g/mol. The molecule has 1 aromatic carbocycles. The predicted molar refractivity (Wildman–Crippen MR) is 76.9 cm³/mol. The number of para-hydroxylation sites is 1. The summed E-state index contributed by atoms with van der Waals surface area (Å²) < 4.78 is 7.20. The molecule has 0 radical (unpaired) electrons. The Labute approximate surface area is 112 Å². The summed E-state index contributed by atoms with van der Waals surface area (Å²) in [6.07, 6.45) is 0. The molecule has 1 aliphatic rings. The number of aryl methyl sites for hydroxylation is 1. The molecule has 2 aromatic rings. The quantitative estimate of drug-likeness (QED) is 0.824. The number of hydrogen-bond acceptors (Lipinski definition) is 3. The number of hydrogen-bond donors (Lipinski definition) is 0. The third-order valence-electron chi connectivity index (χ3n) is 3.67. The number of nitrogens with zero attached hydrogens (tertiary/aromatic N) is 2. The molecular formula is C15H18N2O2. The maximum Gasteiger partial charge on any atom is 0.253 e. The van der Waals surface area contributed by atoms with Crippen molar-refractivity contribution in [3.8, 4) is 0 Å². The molecule has 1 aliphatic heterocycles. The fraction of sp³-hybridized carbons (Fsp3) is 0.400. The van der Waals surface area contributed by atoms with Crippen LogP contribution in [0.2, 0.25) is 0 Å². The SMILES string of the molecule is CCn1c(=O)cc(N2CCOCC2)c2ccccc21. The van der Waals surface area contributed by atoms with Gasteiger partial charge in [-0.2, -0.15) is 0 Å². The Kier molecular flexibility index (Phi) is 3.25. The fourth-order valence-corrected chi connectivity index (χ4v) is 2.71. The molecule has 0 N–H and O–H groups in total. The van der Waals surface area contributed by atoms with Crippen LogP contribution in [0.5, 0.6) is 0 Å². The minimum absolute atomic E-state index is 0.0719. The molecule has 1 fully saturated rings. The summed E-state index contributed by atoms with van der Waals surface area (Å²) in [6, 6.07) is 9.88. The summed E-state index contributed by atoms with van der Waals surface area (Å²) in [6.45, 7) is 5.85. The van der Waals surface area contributed by atoms with Crippen molar-refractivity contribution in [2.24, 2.45) is 0 Å². The van der Waals surface area contributed by atoms with Gasteiger partial charge in [-0.15, -0.1) is 0 Å². The Morgan fingerprint density at radius 2 is 1.95 bits per heavy atom. The Balaban J connectivity index is 2.22. The molecule has 4 heteroatoms. The third-order valence-corrected chi connectivity index (χ3v) is 3.67. The number of ether oxygens (including phenoxy) is 1. The smallest absolute Gasteiger partial charge is 0.253 e. The van der Waals surface area contributed by atoms with E-state index in [1.54, 1.807) is 6.07 Å². The van der Waals surface area contributed by atoms with Crippen LogP contribution in [0.3, 0.4) is 0 Å².